The molecule has 0 spiro atoms. The molecule has 3 N–H and O–H groups in total. The second-order valence-electron chi connectivity index (χ2n) is 4.88. The van der Waals surface area contributed by atoms with E-state index in [0.29, 0.717) is 5.75 Å². The largest absolute Gasteiger partial charge is 0.495 e. The van der Waals surface area contributed by atoms with Crippen molar-refractivity contribution in [1.29, 1.82) is 0 Å². The molecule has 1 fully saturated rings. The predicted octanol–water partition coefficient (Wildman–Crippen LogP) is 1.67. The minimum absolute atomic E-state index is 0. The molecule has 0 atom stereocenters. The van der Waals surface area contributed by atoms with E-state index < -0.39 is 10.0 Å². The SMILES string of the molecule is COc1ccccc1S(=O)(=O)NC1CCC(N)CC1.Cl. The van der Waals surface area contributed by atoms with Gasteiger partial charge in [-0.15, -0.1) is 12.4 Å². The summed E-state index contributed by atoms with van der Waals surface area (Å²) in [6, 6.07) is 6.80. The van der Waals surface area contributed by atoms with Gasteiger partial charge in [-0.3, -0.25) is 0 Å². The van der Waals surface area contributed by atoms with Gasteiger partial charge in [0.15, 0.2) is 0 Å². The summed E-state index contributed by atoms with van der Waals surface area (Å²) in [5.41, 5.74) is 5.82. The number of nitrogens with two attached hydrogens (primary N) is 1. The lowest BCUT2D eigenvalue weighted by atomic mass is 9.93. The van der Waals surface area contributed by atoms with E-state index >= 15 is 0 Å². The van der Waals surface area contributed by atoms with Crippen LogP contribution in [0.3, 0.4) is 0 Å². The maximum absolute atomic E-state index is 12.3. The van der Waals surface area contributed by atoms with E-state index in [4.69, 9.17) is 10.5 Å². The van der Waals surface area contributed by atoms with Crippen LogP contribution >= 0.6 is 12.4 Å². The molecule has 0 unspecified atom stereocenters. The fraction of sp³-hybridized carbons (Fsp3) is 0.538. The Labute approximate surface area is 126 Å². The Morgan fingerprint density at radius 3 is 2.40 bits per heavy atom. The molecule has 0 heterocycles. The lowest BCUT2D eigenvalue weighted by Crippen LogP contribution is -2.40. The van der Waals surface area contributed by atoms with Crippen LogP contribution in [0, 0.1) is 0 Å². The molecule has 1 aliphatic rings. The van der Waals surface area contributed by atoms with Gasteiger partial charge in [0.2, 0.25) is 10.0 Å². The molecule has 0 aliphatic heterocycles. The third-order valence-corrected chi connectivity index (χ3v) is 5.01. The van der Waals surface area contributed by atoms with Crippen molar-refractivity contribution >= 4 is 22.4 Å². The molecule has 0 aromatic heterocycles. The van der Waals surface area contributed by atoms with Gasteiger partial charge in [-0.05, 0) is 37.8 Å². The first-order valence-corrected chi connectivity index (χ1v) is 7.92. The number of nitrogens with one attached hydrogen (secondary N) is 1. The molecule has 0 radical (unpaired) electrons. The third kappa shape index (κ3) is 4.09. The first-order chi connectivity index (χ1) is 9.03. The molecule has 1 aliphatic carbocycles. The molecule has 0 saturated heterocycles. The van der Waals surface area contributed by atoms with E-state index in [2.05, 4.69) is 4.72 Å². The quantitative estimate of drug-likeness (QED) is 0.884. The fourth-order valence-electron chi connectivity index (χ4n) is 2.36. The van der Waals surface area contributed by atoms with E-state index in [0.717, 1.165) is 25.7 Å². The average Bonchev–Trinajstić information content (AvgIpc) is 2.41. The van der Waals surface area contributed by atoms with Crippen LogP contribution in [0.4, 0.5) is 0 Å². The monoisotopic (exact) mass is 320 g/mol. The van der Waals surface area contributed by atoms with E-state index in [1.165, 1.54) is 7.11 Å². The highest BCUT2D eigenvalue weighted by molar-refractivity contribution is 7.89. The van der Waals surface area contributed by atoms with Gasteiger partial charge in [-0.2, -0.15) is 0 Å². The number of sulfonamides is 1. The van der Waals surface area contributed by atoms with Crippen LogP contribution in [0.5, 0.6) is 5.75 Å². The normalized spacial score (nSPS) is 22.9. The van der Waals surface area contributed by atoms with Gasteiger partial charge < -0.3 is 10.5 Å². The number of rotatable bonds is 4. The van der Waals surface area contributed by atoms with E-state index in [1.54, 1.807) is 24.3 Å². The Bertz CT molecular complexity index is 528. The van der Waals surface area contributed by atoms with Crippen LogP contribution in [-0.4, -0.2) is 27.6 Å². The molecular weight excluding hydrogens is 300 g/mol. The number of para-hydroxylation sites is 1. The van der Waals surface area contributed by atoms with E-state index in [9.17, 15) is 8.42 Å². The summed E-state index contributed by atoms with van der Waals surface area (Å²) in [5, 5.41) is 0. The number of ether oxygens (including phenoxy) is 1. The Balaban J connectivity index is 0.00000200. The molecule has 1 saturated carbocycles. The third-order valence-electron chi connectivity index (χ3n) is 3.45. The maximum atomic E-state index is 12.3. The van der Waals surface area contributed by atoms with Gasteiger partial charge in [-0.25, -0.2) is 13.1 Å². The summed E-state index contributed by atoms with van der Waals surface area (Å²) in [6.45, 7) is 0. The van der Waals surface area contributed by atoms with Crippen molar-refractivity contribution in [3.63, 3.8) is 0 Å². The highest BCUT2D eigenvalue weighted by atomic mass is 35.5. The van der Waals surface area contributed by atoms with Gasteiger partial charge in [0.1, 0.15) is 10.6 Å². The highest BCUT2D eigenvalue weighted by Crippen LogP contribution is 2.25. The number of hydrogen-bond donors (Lipinski definition) is 2. The van der Waals surface area contributed by atoms with Crippen molar-refractivity contribution in [2.24, 2.45) is 5.73 Å². The van der Waals surface area contributed by atoms with Crippen LogP contribution < -0.4 is 15.2 Å². The molecular formula is C13H21ClN2O3S. The van der Waals surface area contributed by atoms with Gasteiger partial charge in [-0.1, -0.05) is 12.1 Å². The van der Waals surface area contributed by atoms with Crippen molar-refractivity contribution in [3.8, 4) is 5.75 Å². The molecule has 0 bridgehead atoms. The number of methoxy groups -OCH3 is 1. The summed E-state index contributed by atoms with van der Waals surface area (Å²) in [7, 11) is -2.07. The van der Waals surface area contributed by atoms with E-state index in [-0.39, 0.29) is 29.4 Å². The summed E-state index contributed by atoms with van der Waals surface area (Å²) < 4.78 is 32.5. The summed E-state index contributed by atoms with van der Waals surface area (Å²) >= 11 is 0. The van der Waals surface area contributed by atoms with Crippen molar-refractivity contribution < 1.29 is 13.2 Å². The lowest BCUT2D eigenvalue weighted by Gasteiger charge is -2.26. The fourth-order valence-corrected chi connectivity index (χ4v) is 3.84. The van der Waals surface area contributed by atoms with Gasteiger partial charge in [0, 0.05) is 12.1 Å². The molecule has 1 aromatic rings. The predicted molar refractivity (Wildman–Crippen MR) is 80.8 cm³/mol. The molecule has 20 heavy (non-hydrogen) atoms. The maximum Gasteiger partial charge on any atom is 0.244 e. The van der Waals surface area contributed by atoms with Crippen LogP contribution in [0.25, 0.3) is 0 Å². The van der Waals surface area contributed by atoms with Crippen LogP contribution in [-0.2, 0) is 10.0 Å². The zero-order valence-corrected chi connectivity index (χ0v) is 13.0. The zero-order chi connectivity index (χ0) is 13.9. The zero-order valence-electron chi connectivity index (χ0n) is 11.4. The molecule has 114 valence electrons. The standard InChI is InChI=1S/C13H20N2O3S.ClH/c1-18-12-4-2-3-5-13(12)19(16,17)15-11-8-6-10(14)7-9-11;/h2-5,10-11,15H,6-9,14H2,1H3;1H. The second-order valence-corrected chi connectivity index (χ2v) is 6.57. The van der Waals surface area contributed by atoms with Crippen molar-refractivity contribution in [2.75, 3.05) is 7.11 Å². The summed E-state index contributed by atoms with van der Waals surface area (Å²) in [6.07, 6.45) is 3.29. The Kier molecular flexibility index (Phi) is 6.26. The first-order valence-electron chi connectivity index (χ1n) is 6.44. The highest BCUT2D eigenvalue weighted by Gasteiger charge is 2.26. The number of halogens is 1. The molecule has 0 amide bonds. The summed E-state index contributed by atoms with van der Waals surface area (Å²) in [5.74, 6) is 0.363. The second kappa shape index (κ2) is 7.26. The Hall–Kier alpha value is -0.820. The van der Waals surface area contributed by atoms with Gasteiger partial charge >= 0.3 is 0 Å². The van der Waals surface area contributed by atoms with Crippen LogP contribution in [0.1, 0.15) is 25.7 Å². The number of benzene rings is 1. The van der Waals surface area contributed by atoms with Gasteiger partial charge in [0.05, 0.1) is 7.11 Å². The molecule has 2 rings (SSSR count). The van der Waals surface area contributed by atoms with Crippen LogP contribution in [0.15, 0.2) is 29.2 Å². The van der Waals surface area contributed by atoms with E-state index in [1.807, 2.05) is 0 Å². The van der Waals surface area contributed by atoms with Crippen LogP contribution in [0.2, 0.25) is 0 Å². The van der Waals surface area contributed by atoms with Crippen molar-refractivity contribution in [3.05, 3.63) is 24.3 Å². The molecule has 1 aromatic carbocycles. The Morgan fingerprint density at radius 1 is 1.20 bits per heavy atom. The average molecular weight is 321 g/mol. The minimum Gasteiger partial charge on any atom is -0.495 e. The molecule has 7 heteroatoms. The Morgan fingerprint density at radius 2 is 1.80 bits per heavy atom. The summed E-state index contributed by atoms with van der Waals surface area (Å²) in [4.78, 5) is 0.187. The molecule has 5 nitrogen and oxygen atoms in total. The van der Waals surface area contributed by atoms with Gasteiger partial charge in [0.25, 0.3) is 0 Å². The first kappa shape index (κ1) is 17.2. The minimum atomic E-state index is -3.54. The topological polar surface area (TPSA) is 81.4 Å². The van der Waals surface area contributed by atoms with Crippen molar-refractivity contribution in [1.82, 2.24) is 4.72 Å². The lowest BCUT2D eigenvalue weighted by molar-refractivity contribution is 0.371. The smallest absolute Gasteiger partial charge is 0.244 e. The van der Waals surface area contributed by atoms with Crippen molar-refractivity contribution in [2.45, 2.75) is 42.7 Å². The number of hydrogen-bond acceptors (Lipinski definition) is 4.